The summed E-state index contributed by atoms with van der Waals surface area (Å²) in [4.78, 5) is 25.0. The highest BCUT2D eigenvalue weighted by molar-refractivity contribution is 5.87. The van der Waals surface area contributed by atoms with E-state index < -0.39 is 11.2 Å². The molecule has 2 aliphatic heterocycles. The van der Waals surface area contributed by atoms with Gasteiger partial charge in [0.05, 0.1) is 12.0 Å². The van der Waals surface area contributed by atoms with Crippen molar-refractivity contribution >= 4 is 18.0 Å². The van der Waals surface area contributed by atoms with Crippen LogP contribution in [0.3, 0.4) is 0 Å². The average Bonchev–Trinajstić information content (AvgIpc) is 3.16. The van der Waals surface area contributed by atoms with Gasteiger partial charge in [0, 0.05) is 23.3 Å². The molecule has 0 bridgehead atoms. The lowest BCUT2D eigenvalue weighted by molar-refractivity contribution is -0.303. The van der Waals surface area contributed by atoms with Crippen molar-refractivity contribution in [3.05, 3.63) is 54.1 Å². The second kappa shape index (κ2) is 8.08. The van der Waals surface area contributed by atoms with Gasteiger partial charge in [-0.2, -0.15) is 0 Å². The Bertz CT molecular complexity index is 1030. The van der Waals surface area contributed by atoms with Gasteiger partial charge in [0.2, 0.25) is 0 Å². The quantitative estimate of drug-likeness (QED) is 0.329. The molecule has 0 N–H and O–H groups in total. The van der Waals surface area contributed by atoms with Crippen molar-refractivity contribution in [2.24, 2.45) is 16.7 Å². The molecule has 4 aliphatic rings. The molecule has 5 nitrogen and oxygen atoms in total. The van der Waals surface area contributed by atoms with Crippen LogP contribution in [0.5, 0.6) is 0 Å². The lowest BCUT2D eigenvalue weighted by Crippen LogP contribution is -2.70. The van der Waals surface area contributed by atoms with Gasteiger partial charge in [0.1, 0.15) is 18.3 Å². The summed E-state index contributed by atoms with van der Waals surface area (Å²) in [6, 6.07) is 9.75. The van der Waals surface area contributed by atoms with Gasteiger partial charge in [-0.1, -0.05) is 56.3 Å². The van der Waals surface area contributed by atoms with Crippen LogP contribution in [-0.2, 0) is 23.8 Å². The Hall–Kier alpha value is -2.40. The number of cyclic esters (lactones) is 1. The third-order valence-electron chi connectivity index (χ3n) is 9.65. The van der Waals surface area contributed by atoms with Gasteiger partial charge in [0.15, 0.2) is 0 Å². The summed E-state index contributed by atoms with van der Waals surface area (Å²) in [6.07, 6.45) is 8.73. The SMILES string of the molecule is C=C1CCCC2C1(C)C(OC(=O)C=Cc1ccccc1)CC1(C)OC3(CCC21C)COC(=O)C3. The molecule has 0 amide bonds. The van der Waals surface area contributed by atoms with E-state index in [9.17, 15) is 9.59 Å². The van der Waals surface area contributed by atoms with Crippen LogP contribution in [0, 0.1) is 16.7 Å². The normalized spacial score (nSPS) is 41.7. The summed E-state index contributed by atoms with van der Waals surface area (Å²) in [5.41, 5.74) is 0.624. The Kier molecular flexibility index (Phi) is 5.55. The molecule has 2 saturated carbocycles. The molecule has 34 heavy (non-hydrogen) atoms. The standard InChI is InChI=1S/C29H36O5/c1-20-9-8-12-22-26(2)15-16-29(18-25(31)32-19-29)34-27(26,3)17-23(28(20,22)4)33-24(30)14-13-21-10-6-5-7-11-21/h5-7,10-11,13-14,22-23H,1,8-9,12,15-19H2,2-4H3. The highest BCUT2D eigenvalue weighted by Gasteiger charge is 2.69. The predicted octanol–water partition coefficient (Wildman–Crippen LogP) is 5.64. The molecule has 0 aromatic heterocycles. The van der Waals surface area contributed by atoms with E-state index in [2.05, 4.69) is 27.4 Å². The van der Waals surface area contributed by atoms with E-state index in [-0.39, 0.29) is 34.8 Å². The van der Waals surface area contributed by atoms with E-state index in [1.165, 1.54) is 11.6 Å². The fourth-order valence-corrected chi connectivity index (χ4v) is 7.42. The van der Waals surface area contributed by atoms with Crippen LogP contribution in [-0.4, -0.2) is 35.9 Å². The van der Waals surface area contributed by atoms with Gasteiger partial charge < -0.3 is 14.2 Å². The van der Waals surface area contributed by atoms with E-state index >= 15 is 0 Å². The molecule has 6 atom stereocenters. The first kappa shape index (κ1) is 23.3. The van der Waals surface area contributed by atoms with Gasteiger partial charge in [-0.25, -0.2) is 4.79 Å². The average molecular weight is 465 g/mol. The molecule has 2 aliphatic carbocycles. The summed E-state index contributed by atoms with van der Waals surface area (Å²) in [5.74, 6) is -0.247. The highest BCUT2D eigenvalue weighted by Crippen LogP contribution is 2.68. The molecule has 2 heterocycles. The van der Waals surface area contributed by atoms with Crippen LogP contribution in [0.4, 0.5) is 0 Å². The summed E-state index contributed by atoms with van der Waals surface area (Å²) < 4.78 is 18.4. The first-order valence-electron chi connectivity index (χ1n) is 12.6. The zero-order valence-corrected chi connectivity index (χ0v) is 20.6. The van der Waals surface area contributed by atoms with Crippen LogP contribution < -0.4 is 0 Å². The van der Waals surface area contributed by atoms with Crippen LogP contribution >= 0.6 is 0 Å². The minimum atomic E-state index is -0.563. The number of rotatable bonds is 3. The van der Waals surface area contributed by atoms with Gasteiger partial charge in [-0.3, -0.25) is 4.79 Å². The molecule has 1 aromatic rings. The fraction of sp³-hybridized carbons (Fsp3) is 0.586. The Balaban J connectivity index is 1.46. The zero-order chi connectivity index (χ0) is 24.2. The topological polar surface area (TPSA) is 61.8 Å². The maximum atomic E-state index is 13.0. The lowest BCUT2D eigenvalue weighted by atomic mass is 9.42. The van der Waals surface area contributed by atoms with Crippen LogP contribution in [0.1, 0.15) is 71.3 Å². The number of benzene rings is 1. The van der Waals surface area contributed by atoms with Crippen LogP contribution in [0.2, 0.25) is 0 Å². The zero-order valence-electron chi connectivity index (χ0n) is 20.6. The number of fused-ring (bicyclic) bond motifs is 3. The maximum Gasteiger partial charge on any atom is 0.331 e. The van der Waals surface area contributed by atoms with Crippen LogP contribution in [0.15, 0.2) is 48.6 Å². The summed E-state index contributed by atoms with van der Waals surface area (Å²) in [5, 5.41) is 0. The number of ether oxygens (including phenoxy) is 3. The fourth-order valence-electron chi connectivity index (χ4n) is 7.42. The third kappa shape index (κ3) is 3.55. The Labute approximate surface area is 202 Å². The molecule has 5 heteroatoms. The molecule has 1 aromatic carbocycles. The molecule has 6 unspecified atom stereocenters. The Morgan fingerprint density at radius 3 is 2.65 bits per heavy atom. The van der Waals surface area contributed by atoms with Crippen molar-refractivity contribution in [3.8, 4) is 0 Å². The molecule has 5 rings (SSSR count). The van der Waals surface area contributed by atoms with Gasteiger partial charge in [0.25, 0.3) is 0 Å². The largest absolute Gasteiger partial charge is 0.463 e. The number of carbonyl (C=O) groups excluding carboxylic acids is 2. The summed E-state index contributed by atoms with van der Waals surface area (Å²) >= 11 is 0. The van der Waals surface area contributed by atoms with E-state index in [1.54, 1.807) is 6.08 Å². The molecule has 1 spiro atoms. The smallest absolute Gasteiger partial charge is 0.331 e. The van der Waals surface area contributed by atoms with Crippen molar-refractivity contribution in [2.75, 3.05) is 6.61 Å². The monoisotopic (exact) mass is 464 g/mol. The molecular weight excluding hydrogens is 428 g/mol. The Morgan fingerprint density at radius 1 is 1.18 bits per heavy atom. The van der Waals surface area contributed by atoms with Crippen molar-refractivity contribution in [1.29, 1.82) is 0 Å². The molecule has 182 valence electrons. The number of carbonyl (C=O) groups is 2. The number of hydrogen-bond donors (Lipinski definition) is 0. The lowest BCUT2D eigenvalue weighted by Gasteiger charge is -2.68. The first-order valence-corrected chi connectivity index (χ1v) is 12.6. The predicted molar refractivity (Wildman–Crippen MR) is 130 cm³/mol. The van der Waals surface area contributed by atoms with E-state index in [0.717, 1.165) is 37.7 Å². The van der Waals surface area contributed by atoms with Crippen LogP contribution in [0.25, 0.3) is 6.08 Å². The van der Waals surface area contributed by atoms with Crippen molar-refractivity contribution in [3.63, 3.8) is 0 Å². The van der Waals surface area contributed by atoms with Gasteiger partial charge in [-0.15, -0.1) is 0 Å². The first-order chi connectivity index (χ1) is 16.1. The minimum absolute atomic E-state index is 0.106. The van der Waals surface area contributed by atoms with Gasteiger partial charge in [-0.05, 0) is 56.6 Å². The maximum absolute atomic E-state index is 13.0. The summed E-state index contributed by atoms with van der Waals surface area (Å²) in [7, 11) is 0. The van der Waals surface area contributed by atoms with Crippen molar-refractivity contribution in [2.45, 2.75) is 83.0 Å². The third-order valence-corrected chi connectivity index (χ3v) is 9.65. The molecular formula is C29H36O5. The van der Waals surface area contributed by atoms with Gasteiger partial charge >= 0.3 is 11.9 Å². The van der Waals surface area contributed by atoms with Crippen molar-refractivity contribution in [1.82, 2.24) is 0 Å². The Morgan fingerprint density at radius 2 is 1.94 bits per heavy atom. The van der Waals surface area contributed by atoms with E-state index in [0.29, 0.717) is 19.4 Å². The summed E-state index contributed by atoms with van der Waals surface area (Å²) in [6.45, 7) is 11.5. The molecule has 4 fully saturated rings. The van der Waals surface area contributed by atoms with E-state index in [1.807, 2.05) is 30.3 Å². The van der Waals surface area contributed by atoms with Crippen molar-refractivity contribution < 1.29 is 23.8 Å². The minimum Gasteiger partial charge on any atom is -0.463 e. The second-order valence-electron chi connectivity index (χ2n) is 11.5. The molecule has 2 saturated heterocycles. The second-order valence-corrected chi connectivity index (χ2v) is 11.5. The number of hydrogen-bond acceptors (Lipinski definition) is 5. The number of esters is 2. The highest BCUT2D eigenvalue weighted by atomic mass is 16.6. The molecule has 0 radical (unpaired) electrons. The van der Waals surface area contributed by atoms with E-state index in [4.69, 9.17) is 14.2 Å².